The third-order valence-corrected chi connectivity index (χ3v) is 3.40. The number of nitrogens with one attached hydrogen (secondary N) is 1. The number of non-ortho nitro benzene ring substituents is 1. The summed E-state index contributed by atoms with van der Waals surface area (Å²) in [5.41, 5.74) is -0.142. The first-order valence-corrected chi connectivity index (χ1v) is 6.66. The van der Waals surface area contributed by atoms with Crippen LogP contribution in [0.2, 0.25) is 0 Å². The van der Waals surface area contributed by atoms with Crippen molar-refractivity contribution in [3.05, 3.63) is 40.0 Å². The lowest BCUT2D eigenvalue weighted by atomic mass is 10.0. The minimum absolute atomic E-state index is 0.0137. The molecule has 1 saturated heterocycles. The summed E-state index contributed by atoms with van der Waals surface area (Å²) in [6, 6.07) is 3.22. The second kappa shape index (κ2) is 5.57. The maximum atomic E-state index is 13.4. The van der Waals surface area contributed by atoms with Crippen molar-refractivity contribution in [3.63, 3.8) is 0 Å². The first-order chi connectivity index (χ1) is 10.1. The lowest BCUT2D eigenvalue weighted by molar-refractivity contribution is -0.385. The molecule has 0 saturated carbocycles. The van der Waals surface area contributed by atoms with E-state index in [4.69, 9.17) is 4.52 Å². The Hall–Kier alpha value is -2.35. The molecular weight excluding hydrogens is 279 g/mol. The molecule has 1 aromatic carbocycles. The Labute approximate surface area is 119 Å². The predicted molar refractivity (Wildman–Crippen MR) is 70.9 cm³/mol. The van der Waals surface area contributed by atoms with Crippen molar-refractivity contribution in [2.75, 3.05) is 6.54 Å². The molecule has 2 aromatic rings. The monoisotopic (exact) mass is 292 g/mol. The number of benzene rings is 1. The third-order valence-electron chi connectivity index (χ3n) is 3.40. The fourth-order valence-electron chi connectivity index (χ4n) is 2.37. The molecule has 110 valence electrons. The molecule has 1 unspecified atom stereocenters. The van der Waals surface area contributed by atoms with Crippen molar-refractivity contribution in [2.45, 2.75) is 25.3 Å². The Morgan fingerprint density at radius 1 is 1.38 bits per heavy atom. The molecule has 0 spiro atoms. The van der Waals surface area contributed by atoms with E-state index >= 15 is 0 Å². The lowest BCUT2D eigenvalue weighted by Gasteiger charge is -2.19. The average Bonchev–Trinajstić information content (AvgIpc) is 2.97. The Bertz CT molecular complexity index is 667. The molecule has 1 fully saturated rings. The van der Waals surface area contributed by atoms with Crippen LogP contribution in [-0.2, 0) is 0 Å². The largest absolute Gasteiger partial charge is 0.334 e. The van der Waals surface area contributed by atoms with Gasteiger partial charge in [0.15, 0.2) is 5.82 Å². The van der Waals surface area contributed by atoms with Gasteiger partial charge in [0.2, 0.25) is 0 Å². The van der Waals surface area contributed by atoms with E-state index in [1.807, 2.05) is 0 Å². The summed E-state index contributed by atoms with van der Waals surface area (Å²) in [5, 5.41) is 17.9. The zero-order valence-electron chi connectivity index (χ0n) is 11.1. The van der Waals surface area contributed by atoms with E-state index in [-0.39, 0.29) is 23.2 Å². The molecule has 1 N–H and O–H groups in total. The van der Waals surface area contributed by atoms with E-state index < -0.39 is 10.7 Å². The van der Waals surface area contributed by atoms with E-state index in [0.29, 0.717) is 5.82 Å². The number of piperidine rings is 1. The molecule has 1 aromatic heterocycles. The van der Waals surface area contributed by atoms with Crippen LogP contribution in [-0.4, -0.2) is 21.6 Å². The normalized spacial score (nSPS) is 18.6. The SMILES string of the molecule is O=[N+]([O-])c1cc(F)cc(-c2nc(C3CCCCN3)no2)c1. The minimum atomic E-state index is -0.713. The van der Waals surface area contributed by atoms with Crippen LogP contribution in [0.15, 0.2) is 22.7 Å². The number of hydrogen-bond donors (Lipinski definition) is 1. The zero-order valence-corrected chi connectivity index (χ0v) is 11.1. The minimum Gasteiger partial charge on any atom is -0.334 e. The van der Waals surface area contributed by atoms with Crippen molar-refractivity contribution in [1.29, 1.82) is 0 Å². The van der Waals surface area contributed by atoms with Gasteiger partial charge in [-0.15, -0.1) is 0 Å². The zero-order chi connectivity index (χ0) is 14.8. The fraction of sp³-hybridized carbons (Fsp3) is 0.385. The van der Waals surface area contributed by atoms with E-state index in [0.717, 1.165) is 37.9 Å². The highest BCUT2D eigenvalue weighted by Crippen LogP contribution is 2.27. The maximum Gasteiger partial charge on any atom is 0.273 e. The highest BCUT2D eigenvalue weighted by Gasteiger charge is 2.22. The van der Waals surface area contributed by atoms with Gasteiger partial charge in [0, 0.05) is 11.6 Å². The molecule has 1 aliphatic heterocycles. The summed E-state index contributed by atoms with van der Waals surface area (Å²) in [7, 11) is 0. The van der Waals surface area contributed by atoms with E-state index in [2.05, 4.69) is 15.5 Å². The van der Waals surface area contributed by atoms with Crippen molar-refractivity contribution in [2.24, 2.45) is 0 Å². The van der Waals surface area contributed by atoms with Crippen LogP contribution >= 0.6 is 0 Å². The van der Waals surface area contributed by atoms with Crippen molar-refractivity contribution < 1.29 is 13.8 Å². The first kappa shape index (κ1) is 13.6. The van der Waals surface area contributed by atoms with Gasteiger partial charge in [0.1, 0.15) is 5.82 Å². The number of halogens is 1. The van der Waals surface area contributed by atoms with Gasteiger partial charge < -0.3 is 9.84 Å². The first-order valence-electron chi connectivity index (χ1n) is 6.66. The van der Waals surface area contributed by atoms with Crippen molar-refractivity contribution in [1.82, 2.24) is 15.5 Å². The van der Waals surface area contributed by atoms with Crippen LogP contribution in [0.5, 0.6) is 0 Å². The molecule has 0 bridgehead atoms. The molecule has 0 radical (unpaired) electrons. The number of nitro groups is 1. The number of nitrogens with zero attached hydrogens (tertiary/aromatic N) is 3. The Morgan fingerprint density at radius 3 is 2.95 bits per heavy atom. The van der Waals surface area contributed by atoms with E-state index in [1.54, 1.807) is 0 Å². The third kappa shape index (κ3) is 2.89. The highest BCUT2D eigenvalue weighted by molar-refractivity contribution is 5.57. The van der Waals surface area contributed by atoms with Crippen LogP contribution in [0.4, 0.5) is 10.1 Å². The summed E-state index contributed by atoms with van der Waals surface area (Å²) < 4.78 is 18.5. The molecule has 2 heterocycles. The lowest BCUT2D eigenvalue weighted by Crippen LogP contribution is -2.27. The fourth-order valence-corrected chi connectivity index (χ4v) is 2.37. The van der Waals surface area contributed by atoms with Crippen molar-refractivity contribution in [3.8, 4) is 11.5 Å². The van der Waals surface area contributed by atoms with Crippen LogP contribution < -0.4 is 5.32 Å². The molecule has 8 heteroatoms. The van der Waals surface area contributed by atoms with Crippen LogP contribution in [0.3, 0.4) is 0 Å². The van der Waals surface area contributed by atoms with E-state index in [9.17, 15) is 14.5 Å². The van der Waals surface area contributed by atoms with E-state index in [1.165, 1.54) is 6.07 Å². The molecule has 1 aliphatic rings. The average molecular weight is 292 g/mol. The van der Waals surface area contributed by atoms with Gasteiger partial charge in [-0.2, -0.15) is 4.98 Å². The maximum absolute atomic E-state index is 13.4. The summed E-state index contributed by atoms with van der Waals surface area (Å²) in [4.78, 5) is 14.3. The molecule has 1 atom stereocenters. The molecule has 3 rings (SSSR count). The Kier molecular flexibility index (Phi) is 3.61. The van der Waals surface area contributed by atoms with Crippen LogP contribution in [0.1, 0.15) is 31.1 Å². The number of nitro benzene ring substituents is 1. The Morgan fingerprint density at radius 2 is 2.24 bits per heavy atom. The molecule has 0 aliphatic carbocycles. The van der Waals surface area contributed by atoms with Gasteiger partial charge in [-0.25, -0.2) is 4.39 Å². The smallest absolute Gasteiger partial charge is 0.273 e. The van der Waals surface area contributed by atoms with Gasteiger partial charge in [-0.05, 0) is 25.5 Å². The van der Waals surface area contributed by atoms with Gasteiger partial charge in [0.05, 0.1) is 17.0 Å². The number of hydrogen-bond acceptors (Lipinski definition) is 6. The predicted octanol–water partition coefficient (Wildman–Crippen LogP) is 2.60. The van der Waals surface area contributed by atoms with Gasteiger partial charge >= 0.3 is 0 Å². The van der Waals surface area contributed by atoms with Gasteiger partial charge in [-0.1, -0.05) is 11.6 Å². The van der Waals surface area contributed by atoms with Crippen LogP contribution in [0.25, 0.3) is 11.5 Å². The molecular formula is C13H13FN4O3. The summed E-state index contributed by atoms with van der Waals surface area (Å²) in [6.45, 7) is 0.889. The van der Waals surface area contributed by atoms with Gasteiger partial charge in [0.25, 0.3) is 11.6 Å². The number of aromatic nitrogens is 2. The molecule has 0 amide bonds. The summed E-state index contributed by atoms with van der Waals surface area (Å²) in [5.74, 6) is -0.133. The molecule has 21 heavy (non-hydrogen) atoms. The quantitative estimate of drug-likeness (QED) is 0.690. The number of rotatable bonds is 3. The second-order valence-electron chi connectivity index (χ2n) is 4.92. The topological polar surface area (TPSA) is 94.1 Å². The van der Waals surface area contributed by atoms with Crippen molar-refractivity contribution >= 4 is 5.69 Å². The Balaban J connectivity index is 1.90. The molecule has 7 nitrogen and oxygen atoms in total. The summed E-state index contributed by atoms with van der Waals surface area (Å²) >= 11 is 0. The van der Waals surface area contributed by atoms with Crippen LogP contribution in [0, 0.1) is 15.9 Å². The standard InChI is InChI=1S/C13H13FN4O3/c14-9-5-8(6-10(7-9)18(19)20)13-16-12(17-21-13)11-3-1-2-4-15-11/h5-7,11,15H,1-4H2. The second-order valence-corrected chi connectivity index (χ2v) is 4.92. The highest BCUT2D eigenvalue weighted by atomic mass is 19.1. The van der Waals surface area contributed by atoms with Gasteiger partial charge in [-0.3, -0.25) is 10.1 Å². The summed E-state index contributed by atoms with van der Waals surface area (Å²) in [6.07, 6.45) is 3.09.